The zero-order chi connectivity index (χ0) is 15.3. The average molecular weight is 289 g/mol. The van der Waals surface area contributed by atoms with E-state index in [2.05, 4.69) is 0 Å². The van der Waals surface area contributed by atoms with Crippen molar-refractivity contribution < 1.29 is 22.4 Å². The average Bonchev–Trinajstić information content (AvgIpc) is 2.36. The van der Waals surface area contributed by atoms with Gasteiger partial charge < -0.3 is 10.2 Å². The first-order chi connectivity index (χ1) is 9.27. The molecule has 0 saturated heterocycles. The van der Waals surface area contributed by atoms with Crippen molar-refractivity contribution in [2.45, 2.75) is 12.6 Å². The molecule has 0 heterocycles. The number of anilines is 1. The summed E-state index contributed by atoms with van der Waals surface area (Å²) in [6.07, 6.45) is -4.77. The molecule has 20 heavy (non-hydrogen) atoms. The van der Waals surface area contributed by atoms with Gasteiger partial charge in [-0.2, -0.15) is 18.4 Å². The number of amides is 2. The van der Waals surface area contributed by atoms with Crippen LogP contribution in [0, 0.1) is 17.1 Å². The molecule has 0 bridgehead atoms. The monoisotopic (exact) mass is 289 g/mol. The molecular formula is C12H11F4N3O. The minimum Gasteiger partial charge on any atom is -0.327 e. The molecule has 1 aromatic rings. The highest BCUT2D eigenvalue weighted by Crippen LogP contribution is 2.33. The second kappa shape index (κ2) is 6.23. The Morgan fingerprint density at radius 2 is 2.10 bits per heavy atom. The van der Waals surface area contributed by atoms with Crippen molar-refractivity contribution in [3.05, 3.63) is 29.6 Å². The summed E-state index contributed by atoms with van der Waals surface area (Å²) in [6.45, 7) is 0.0862. The maximum Gasteiger partial charge on any atom is 0.419 e. The van der Waals surface area contributed by atoms with Gasteiger partial charge in [-0.1, -0.05) is 6.07 Å². The predicted molar refractivity (Wildman–Crippen MR) is 63.3 cm³/mol. The number of carbonyl (C=O) groups excluding carboxylic acids is 1. The van der Waals surface area contributed by atoms with Crippen LogP contribution in [0.4, 0.5) is 28.0 Å². The number of urea groups is 1. The predicted octanol–water partition coefficient (Wildman–Crippen LogP) is 3.22. The third kappa shape index (κ3) is 3.85. The van der Waals surface area contributed by atoms with Gasteiger partial charge in [0.15, 0.2) is 5.82 Å². The van der Waals surface area contributed by atoms with Crippen LogP contribution in [0.2, 0.25) is 0 Å². The first-order valence-corrected chi connectivity index (χ1v) is 5.52. The van der Waals surface area contributed by atoms with Gasteiger partial charge in [0.25, 0.3) is 0 Å². The second-order valence-corrected chi connectivity index (χ2v) is 3.92. The molecule has 0 spiro atoms. The Morgan fingerprint density at radius 1 is 1.45 bits per heavy atom. The number of hydrogen-bond donors (Lipinski definition) is 1. The molecule has 0 aliphatic heterocycles. The summed E-state index contributed by atoms with van der Waals surface area (Å²) in [5.41, 5.74) is -2.01. The van der Waals surface area contributed by atoms with Gasteiger partial charge in [-0.3, -0.25) is 0 Å². The van der Waals surface area contributed by atoms with Crippen LogP contribution >= 0.6 is 0 Å². The minimum absolute atomic E-state index is 0.0645. The summed E-state index contributed by atoms with van der Waals surface area (Å²) in [4.78, 5) is 12.7. The topological polar surface area (TPSA) is 56.1 Å². The zero-order valence-electron chi connectivity index (χ0n) is 10.5. The Bertz CT molecular complexity index is 536. The molecule has 1 N–H and O–H groups in total. The molecule has 0 atom stereocenters. The van der Waals surface area contributed by atoms with Crippen LogP contribution in [0.1, 0.15) is 12.0 Å². The quantitative estimate of drug-likeness (QED) is 0.869. The first-order valence-electron chi connectivity index (χ1n) is 5.52. The molecule has 0 aliphatic carbocycles. The van der Waals surface area contributed by atoms with E-state index in [-0.39, 0.29) is 13.0 Å². The highest BCUT2D eigenvalue weighted by molar-refractivity contribution is 5.89. The normalized spacial score (nSPS) is 10.8. The molecule has 0 fully saturated rings. The fraction of sp³-hybridized carbons (Fsp3) is 0.333. The SMILES string of the molecule is CN(CCC#N)C(=O)Nc1cccc(C(F)(F)F)c1F. The van der Waals surface area contributed by atoms with Gasteiger partial charge in [-0.15, -0.1) is 0 Å². The summed E-state index contributed by atoms with van der Waals surface area (Å²) >= 11 is 0. The van der Waals surface area contributed by atoms with Crippen LogP contribution in [0.3, 0.4) is 0 Å². The Kier molecular flexibility index (Phi) is 4.91. The maximum atomic E-state index is 13.6. The maximum absolute atomic E-state index is 13.6. The molecule has 8 heteroatoms. The minimum atomic E-state index is -4.84. The third-order valence-electron chi connectivity index (χ3n) is 2.45. The summed E-state index contributed by atoms with van der Waals surface area (Å²) in [5.74, 6) is -1.54. The number of alkyl halides is 3. The molecule has 108 valence electrons. The standard InChI is InChI=1S/C12H11F4N3O/c1-19(7-3-6-17)11(20)18-9-5-2-4-8(10(9)13)12(14,15)16/h2,4-5H,3,7H2,1H3,(H,18,20). The Morgan fingerprint density at radius 3 is 2.65 bits per heavy atom. The van der Waals surface area contributed by atoms with E-state index < -0.39 is 29.3 Å². The highest BCUT2D eigenvalue weighted by atomic mass is 19.4. The molecule has 0 aromatic heterocycles. The van der Waals surface area contributed by atoms with Gasteiger partial charge in [0.1, 0.15) is 0 Å². The van der Waals surface area contributed by atoms with E-state index in [1.807, 2.05) is 11.4 Å². The van der Waals surface area contributed by atoms with Crippen molar-refractivity contribution in [2.75, 3.05) is 18.9 Å². The number of nitrogens with zero attached hydrogens (tertiary/aromatic N) is 2. The Labute approximate surface area is 112 Å². The molecule has 0 unspecified atom stereocenters. The first kappa shape index (κ1) is 15.8. The molecule has 1 aromatic carbocycles. The number of nitriles is 1. The van der Waals surface area contributed by atoms with E-state index in [0.29, 0.717) is 6.07 Å². The van der Waals surface area contributed by atoms with Crippen molar-refractivity contribution >= 4 is 11.7 Å². The van der Waals surface area contributed by atoms with Crippen molar-refractivity contribution in [3.63, 3.8) is 0 Å². The number of hydrogen-bond acceptors (Lipinski definition) is 2. The summed E-state index contributed by atoms with van der Waals surface area (Å²) in [7, 11) is 1.35. The van der Waals surface area contributed by atoms with Crippen LogP contribution in [0.25, 0.3) is 0 Å². The smallest absolute Gasteiger partial charge is 0.327 e. The van der Waals surface area contributed by atoms with Gasteiger partial charge in [-0.05, 0) is 12.1 Å². The number of rotatable bonds is 3. The van der Waals surface area contributed by atoms with Gasteiger partial charge in [0.2, 0.25) is 0 Å². The highest BCUT2D eigenvalue weighted by Gasteiger charge is 2.35. The second-order valence-electron chi connectivity index (χ2n) is 3.92. The summed E-state index contributed by atoms with van der Waals surface area (Å²) in [5, 5.41) is 10.4. The van der Waals surface area contributed by atoms with Crippen molar-refractivity contribution in [1.29, 1.82) is 5.26 Å². The van der Waals surface area contributed by atoms with Crippen molar-refractivity contribution in [3.8, 4) is 6.07 Å². The summed E-state index contributed by atoms with van der Waals surface area (Å²) in [6, 6.07) is 3.63. The van der Waals surface area contributed by atoms with Crippen LogP contribution < -0.4 is 5.32 Å². The van der Waals surface area contributed by atoms with Gasteiger partial charge >= 0.3 is 12.2 Å². The molecule has 0 aliphatic rings. The zero-order valence-corrected chi connectivity index (χ0v) is 10.5. The van der Waals surface area contributed by atoms with Crippen LogP contribution in [-0.4, -0.2) is 24.5 Å². The third-order valence-corrected chi connectivity index (χ3v) is 2.45. The van der Waals surface area contributed by atoms with Gasteiger partial charge in [0.05, 0.1) is 23.7 Å². The Balaban J connectivity index is 2.89. The van der Waals surface area contributed by atoms with Gasteiger partial charge in [0, 0.05) is 13.6 Å². The van der Waals surface area contributed by atoms with Crippen LogP contribution in [0.15, 0.2) is 18.2 Å². The van der Waals surface area contributed by atoms with E-state index in [4.69, 9.17) is 5.26 Å². The lowest BCUT2D eigenvalue weighted by Crippen LogP contribution is -2.32. The van der Waals surface area contributed by atoms with E-state index in [0.717, 1.165) is 17.0 Å². The molecule has 4 nitrogen and oxygen atoms in total. The molecule has 0 saturated carbocycles. The lowest BCUT2D eigenvalue weighted by Gasteiger charge is -2.17. The van der Waals surface area contributed by atoms with Crippen LogP contribution in [-0.2, 0) is 6.18 Å². The number of benzene rings is 1. The Hall–Kier alpha value is -2.30. The van der Waals surface area contributed by atoms with Gasteiger partial charge in [-0.25, -0.2) is 9.18 Å². The molecule has 1 rings (SSSR count). The fourth-order valence-electron chi connectivity index (χ4n) is 1.38. The lowest BCUT2D eigenvalue weighted by atomic mass is 10.2. The van der Waals surface area contributed by atoms with E-state index in [1.165, 1.54) is 7.05 Å². The van der Waals surface area contributed by atoms with E-state index in [1.54, 1.807) is 0 Å². The number of carbonyl (C=O) groups is 1. The van der Waals surface area contributed by atoms with E-state index in [9.17, 15) is 22.4 Å². The van der Waals surface area contributed by atoms with Crippen molar-refractivity contribution in [2.24, 2.45) is 0 Å². The number of halogens is 4. The van der Waals surface area contributed by atoms with E-state index >= 15 is 0 Å². The number of nitrogens with one attached hydrogen (secondary N) is 1. The molecular weight excluding hydrogens is 278 g/mol. The fourth-order valence-corrected chi connectivity index (χ4v) is 1.38. The molecule has 2 amide bonds. The largest absolute Gasteiger partial charge is 0.419 e. The lowest BCUT2D eigenvalue weighted by molar-refractivity contribution is -0.139. The summed E-state index contributed by atoms with van der Waals surface area (Å²) < 4.78 is 51.1. The van der Waals surface area contributed by atoms with Crippen LogP contribution in [0.5, 0.6) is 0 Å². The molecule has 0 radical (unpaired) electrons. The van der Waals surface area contributed by atoms with Crippen molar-refractivity contribution in [1.82, 2.24) is 4.90 Å².